The number of H-pyrrole nitrogens is 1. The third kappa shape index (κ3) is 6.47. The minimum atomic E-state index is -4.86. The van der Waals surface area contributed by atoms with E-state index in [-0.39, 0.29) is 18.4 Å². The molecule has 0 amide bonds. The van der Waals surface area contributed by atoms with Crippen LogP contribution in [0.5, 0.6) is 0 Å². The zero-order valence-corrected chi connectivity index (χ0v) is 14.9. The van der Waals surface area contributed by atoms with Gasteiger partial charge in [-0.1, -0.05) is 11.8 Å². The van der Waals surface area contributed by atoms with Crippen LogP contribution in [-0.2, 0) is 19.0 Å². The van der Waals surface area contributed by atoms with Gasteiger partial charge in [0.2, 0.25) is 0 Å². The molecule has 158 valence electrons. The number of aliphatic imine (C=N–C) groups is 1. The summed E-state index contributed by atoms with van der Waals surface area (Å²) in [5.41, 5.74) is -1.80. The van der Waals surface area contributed by atoms with Crippen LogP contribution in [0.3, 0.4) is 0 Å². The highest BCUT2D eigenvalue weighted by molar-refractivity contribution is 5.66. The summed E-state index contributed by atoms with van der Waals surface area (Å²) in [6.07, 6.45) is -6.14. The molecular formula is C16H16F3N3O7. The first-order valence-corrected chi connectivity index (χ1v) is 8.11. The summed E-state index contributed by atoms with van der Waals surface area (Å²) < 4.78 is 50.2. The van der Waals surface area contributed by atoms with Crippen LogP contribution in [0, 0.1) is 11.8 Å². The van der Waals surface area contributed by atoms with Crippen molar-refractivity contribution >= 4 is 12.4 Å². The topological polar surface area (TPSA) is 132 Å². The number of carbonyl (C=O) groups excluding carboxylic acids is 1. The van der Waals surface area contributed by atoms with Crippen LogP contribution < -0.4 is 11.2 Å². The van der Waals surface area contributed by atoms with Crippen molar-refractivity contribution in [1.82, 2.24) is 9.55 Å². The number of hydrogen-bond donors (Lipinski definition) is 2. The predicted octanol–water partition coefficient (Wildman–Crippen LogP) is -0.336. The van der Waals surface area contributed by atoms with Crippen molar-refractivity contribution in [3.63, 3.8) is 0 Å². The summed E-state index contributed by atoms with van der Waals surface area (Å²) in [7, 11) is 0. The lowest BCUT2D eigenvalue weighted by Crippen LogP contribution is -2.33. The molecule has 2 rings (SSSR count). The molecule has 13 heteroatoms. The van der Waals surface area contributed by atoms with Crippen LogP contribution in [0.15, 0.2) is 20.8 Å². The zero-order chi connectivity index (χ0) is 21.6. The van der Waals surface area contributed by atoms with Gasteiger partial charge in [0, 0.05) is 19.5 Å². The molecule has 2 N–H and O–H groups in total. The standard InChI is InChI=1S/C16H16F3N3O7/c1-9(24)28-11-5-13(29-12(11)7-23)22-6-10(14(25)21-15(22)26)3-2-4-20-8-27-16(17,18)19/h6,8,11-13,23H,4-5,7H2,1H3,(H,21,25,26)/t11?,12-,13-/m1/s1. The van der Waals surface area contributed by atoms with Gasteiger partial charge in [0.15, 0.2) is 6.40 Å². The van der Waals surface area contributed by atoms with Crippen LogP contribution in [-0.4, -0.2) is 58.7 Å². The van der Waals surface area contributed by atoms with Gasteiger partial charge in [0.05, 0.1) is 6.61 Å². The molecule has 1 aromatic rings. The molecule has 0 saturated carbocycles. The molecule has 0 radical (unpaired) electrons. The van der Waals surface area contributed by atoms with Crippen molar-refractivity contribution in [3.8, 4) is 11.8 Å². The largest absolute Gasteiger partial charge is 0.573 e. The van der Waals surface area contributed by atoms with Gasteiger partial charge in [-0.25, -0.2) is 9.79 Å². The number of ether oxygens (including phenoxy) is 3. The van der Waals surface area contributed by atoms with E-state index in [9.17, 15) is 32.7 Å². The molecule has 0 spiro atoms. The maximum atomic E-state index is 12.1. The Bertz CT molecular complexity index is 942. The van der Waals surface area contributed by atoms with Crippen LogP contribution >= 0.6 is 0 Å². The van der Waals surface area contributed by atoms with Gasteiger partial charge in [-0.3, -0.25) is 19.1 Å². The van der Waals surface area contributed by atoms with E-state index in [0.29, 0.717) is 0 Å². The number of nitrogens with one attached hydrogen (secondary N) is 1. The molecule has 2 heterocycles. The molecule has 1 saturated heterocycles. The molecule has 0 aliphatic carbocycles. The van der Waals surface area contributed by atoms with Crippen LogP contribution in [0.4, 0.5) is 13.2 Å². The number of alkyl halides is 3. The minimum absolute atomic E-state index is 0.0443. The number of rotatable bonds is 5. The number of aromatic nitrogens is 2. The van der Waals surface area contributed by atoms with Gasteiger partial charge in [-0.15, -0.1) is 13.2 Å². The number of aromatic amines is 1. The number of nitrogens with zero attached hydrogens (tertiary/aromatic N) is 2. The fourth-order valence-corrected chi connectivity index (χ4v) is 2.48. The fourth-order valence-electron chi connectivity index (χ4n) is 2.48. The van der Waals surface area contributed by atoms with Crippen molar-refractivity contribution in [2.24, 2.45) is 4.99 Å². The molecule has 29 heavy (non-hydrogen) atoms. The third-order valence-electron chi connectivity index (χ3n) is 3.61. The Morgan fingerprint density at radius 2 is 2.24 bits per heavy atom. The molecule has 1 aromatic heterocycles. The van der Waals surface area contributed by atoms with Gasteiger partial charge in [-0.2, -0.15) is 0 Å². The number of esters is 1. The molecular weight excluding hydrogens is 403 g/mol. The summed E-state index contributed by atoms with van der Waals surface area (Å²) in [5.74, 6) is 4.13. The van der Waals surface area contributed by atoms with E-state index in [1.165, 1.54) is 6.92 Å². The lowest BCUT2D eigenvalue weighted by Gasteiger charge is -2.15. The second-order valence-corrected chi connectivity index (χ2v) is 5.72. The van der Waals surface area contributed by atoms with Gasteiger partial charge in [0.25, 0.3) is 5.56 Å². The Morgan fingerprint density at radius 1 is 1.52 bits per heavy atom. The average molecular weight is 419 g/mol. The fraction of sp³-hybridized carbons (Fsp3) is 0.500. The van der Waals surface area contributed by atoms with E-state index < -0.39 is 55.2 Å². The summed E-state index contributed by atoms with van der Waals surface area (Å²) in [5, 5.41) is 9.34. The van der Waals surface area contributed by atoms with E-state index >= 15 is 0 Å². The monoisotopic (exact) mass is 419 g/mol. The molecule has 3 atom stereocenters. The first kappa shape index (κ1) is 22.2. The van der Waals surface area contributed by atoms with Crippen molar-refractivity contribution < 1.29 is 37.3 Å². The van der Waals surface area contributed by atoms with Crippen molar-refractivity contribution in [3.05, 3.63) is 32.6 Å². The highest BCUT2D eigenvalue weighted by atomic mass is 19.4. The number of halogens is 3. The van der Waals surface area contributed by atoms with Gasteiger partial charge < -0.3 is 19.3 Å². The highest BCUT2D eigenvalue weighted by Crippen LogP contribution is 2.29. The summed E-state index contributed by atoms with van der Waals surface area (Å²) in [4.78, 5) is 40.4. The average Bonchev–Trinajstić information content (AvgIpc) is 3.00. The molecule has 0 aromatic carbocycles. The number of aliphatic hydroxyl groups excluding tert-OH is 1. The van der Waals surface area contributed by atoms with E-state index in [4.69, 9.17) is 9.47 Å². The Morgan fingerprint density at radius 3 is 2.86 bits per heavy atom. The summed E-state index contributed by atoms with van der Waals surface area (Å²) >= 11 is 0. The van der Waals surface area contributed by atoms with E-state index in [1.807, 2.05) is 4.98 Å². The van der Waals surface area contributed by atoms with Gasteiger partial charge in [0.1, 0.15) is 30.5 Å². The molecule has 1 fully saturated rings. The Hall–Kier alpha value is -3.11. The van der Waals surface area contributed by atoms with E-state index in [2.05, 4.69) is 21.6 Å². The second kappa shape index (κ2) is 9.39. The highest BCUT2D eigenvalue weighted by Gasteiger charge is 2.38. The van der Waals surface area contributed by atoms with Gasteiger partial charge >= 0.3 is 18.0 Å². The number of carbonyl (C=O) groups is 1. The second-order valence-electron chi connectivity index (χ2n) is 5.72. The molecule has 1 unspecified atom stereocenters. The van der Waals surface area contributed by atoms with Crippen molar-refractivity contribution in [1.29, 1.82) is 0 Å². The molecule has 1 aliphatic rings. The first-order chi connectivity index (χ1) is 13.6. The molecule has 0 bridgehead atoms. The van der Waals surface area contributed by atoms with Crippen molar-refractivity contribution in [2.45, 2.75) is 38.1 Å². The normalized spacial score (nSPS) is 21.6. The Kier molecular flexibility index (Phi) is 7.18. The zero-order valence-electron chi connectivity index (χ0n) is 14.9. The third-order valence-corrected chi connectivity index (χ3v) is 3.61. The Balaban J connectivity index is 2.16. The van der Waals surface area contributed by atoms with Crippen LogP contribution in [0.25, 0.3) is 0 Å². The quantitative estimate of drug-likeness (QED) is 0.289. The van der Waals surface area contributed by atoms with Crippen LogP contribution in [0.1, 0.15) is 25.1 Å². The summed E-state index contributed by atoms with van der Waals surface area (Å²) in [6.45, 7) is 0.330. The van der Waals surface area contributed by atoms with Gasteiger partial charge in [-0.05, 0) is 0 Å². The van der Waals surface area contributed by atoms with E-state index in [0.717, 1.165) is 10.8 Å². The number of hydrogen-bond acceptors (Lipinski definition) is 8. The molecule has 1 aliphatic heterocycles. The minimum Gasteiger partial charge on any atom is -0.460 e. The van der Waals surface area contributed by atoms with Crippen molar-refractivity contribution in [2.75, 3.05) is 13.2 Å². The summed E-state index contributed by atoms with van der Waals surface area (Å²) in [6, 6.07) is 0. The smallest absolute Gasteiger partial charge is 0.460 e. The maximum absolute atomic E-state index is 12.1. The first-order valence-electron chi connectivity index (χ1n) is 8.11. The lowest BCUT2D eigenvalue weighted by molar-refractivity contribution is -0.280. The lowest BCUT2D eigenvalue weighted by atomic mass is 10.2. The molecule has 10 nitrogen and oxygen atoms in total. The Labute approximate surface area is 160 Å². The van der Waals surface area contributed by atoms with Crippen LogP contribution in [0.2, 0.25) is 0 Å². The van der Waals surface area contributed by atoms with E-state index in [1.54, 1.807) is 0 Å². The maximum Gasteiger partial charge on any atom is 0.573 e. The SMILES string of the molecule is CC(=O)OC1C[C@H](n2cc(C#CCN=COC(F)(F)F)c(=O)[nH]c2=O)O[C@@H]1CO. The predicted molar refractivity (Wildman–Crippen MR) is 89.9 cm³/mol. The number of aliphatic hydroxyl groups is 1.